The third kappa shape index (κ3) is 2.97. The third-order valence-corrected chi connectivity index (χ3v) is 4.85. The highest BCUT2D eigenvalue weighted by molar-refractivity contribution is 5.80. The first-order valence-corrected chi connectivity index (χ1v) is 9.27. The summed E-state index contributed by atoms with van der Waals surface area (Å²) in [6.45, 7) is 2.68. The minimum Gasteiger partial charge on any atom is -0.318 e. The molecule has 5 nitrogen and oxygen atoms in total. The van der Waals surface area contributed by atoms with Gasteiger partial charge in [0.15, 0.2) is 0 Å². The highest BCUT2D eigenvalue weighted by Gasteiger charge is 2.14. The van der Waals surface area contributed by atoms with Crippen molar-refractivity contribution in [3.8, 4) is 17.1 Å². The second-order valence-electron chi connectivity index (χ2n) is 6.87. The van der Waals surface area contributed by atoms with Crippen LogP contribution in [0, 0.1) is 6.92 Å². The average molecular weight is 365 g/mol. The van der Waals surface area contributed by atoms with Gasteiger partial charge in [-0.05, 0) is 31.2 Å². The van der Waals surface area contributed by atoms with Gasteiger partial charge in [-0.15, -0.1) is 5.10 Å². The maximum Gasteiger partial charge on any atom is 0.141 e. The highest BCUT2D eigenvalue weighted by Crippen LogP contribution is 2.25. The fourth-order valence-electron chi connectivity index (χ4n) is 3.40. The molecule has 0 unspecified atom stereocenters. The van der Waals surface area contributed by atoms with E-state index in [1.165, 1.54) is 5.56 Å². The van der Waals surface area contributed by atoms with Gasteiger partial charge in [0.05, 0.1) is 29.5 Å². The molecule has 0 saturated carbocycles. The lowest BCUT2D eigenvalue weighted by Gasteiger charge is -2.07. The van der Waals surface area contributed by atoms with Gasteiger partial charge in [0.1, 0.15) is 11.5 Å². The van der Waals surface area contributed by atoms with Crippen LogP contribution in [0.3, 0.4) is 0 Å². The van der Waals surface area contributed by atoms with Crippen molar-refractivity contribution < 1.29 is 0 Å². The van der Waals surface area contributed by atoms with Crippen molar-refractivity contribution in [1.82, 2.24) is 24.5 Å². The molecule has 0 aliphatic carbocycles. The van der Waals surface area contributed by atoms with Gasteiger partial charge in [-0.1, -0.05) is 65.4 Å². The number of hydrogen-bond donors (Lipinski definition) is 0. The molecule has 2 heterocycles. The minimum atomic E-state index is 0.608. The molecule has 0 amide bonds. The van der Waals surface area contributed by atoms with Crippen LogP contribution in [0.5, 0.6) is 0 Å². The normalized spacial score (nSPS) is 11.2. The van der Waals surface area contributed by atoms with Crippen LogP contribution < -0.4 is 0 Å². The molecule has 136 valence electrons. The molecule has 0 aliphatic heterocycles. The Labute approximate surface area is 162 Å². The van der Waals surface area contributed by atoms with E-state index in [9.17, 15) is 0 Å². The lowest BCUT2D eigenvalue weighted by molar-refractivity contribution is 0.774. The Morgan fingerprint density at radius 2 is 1.57 bits per heavy atom. The summed E-state index contributed by atoms with van der Waals surface area (Å²) in [6, 6.07) is 26.7. The minimum absolute atomic E-state index is 0.608. The first kappa shape index (κ1) is 16.4. The molecule has 0 spiro atoms. The van der Waals surface area contributed by atoms with E-state index < -0.39 is 0 Å². The maximum absolute atomic E-state index is 4.86. The Balaban J connectivity index is 1.56. The number of aryl methyl sites for hydroxylation is 1. The van der Waals surface area contributed by atoms with Crippen molar-refractivity contribution in [3.05, 3.63) is 96.3 Å². The van der Waals surface area contributed by atoms with E-state index >= 15 is 0 Å². The molecule has 0 N–H and O–H groups in total. The van der Waals surface area contributed by atoms with Gasteiger partial charge in [0, 0.05) is 5.56 Å². The smallest absolute Gasteiger partial charge is 0.141 e. The van der Waals surface area contributed by atoms with Crippen LogP contribution in [0.25, 0.3) is 28.1 Å². The molecule has 0 saturated heterocycles. The average Bonchev–Trinajstić information content (AvgIpc) is 3.35. The fourth-order valence-corrected chi connectivity index (χ4v) is 3.40. The lowest BCUT2D eigenvalue weighted by atomic mass is 10.2. The highest BCUT2D eigenvalue weighted by atomic mass is 15.4. The topological polar surface area (TPSA) is 48.5 Å². The number of imidazole rings is 1. The summed E-state index contributed by atoms with van der Waals surface area (Å²) in [4.78, 5) is 4.86. The number of benzene rings is 3. The molecule has 3 aromatic carbocycles. The zero-order chi connectivity index (χ0) is 18.9. The molecule has 0 aliphatic rings. The number of fused-ring (bicyclic) bond motifs is 1. The van der Waals surface area contributed by atoms with Crippen LogP contribution in [0.15, 0.2) is 85.1 Å². The number of para-hydroxylation sites is 2. The van der Waals surface area contributed by atoms with Crippen LogP contribution in [0.1, 0.15) is 11.3 Å². The fraction of sp³-hybridized carbons (Fsp3) is 0.0870. The Bertz CT molecular complexity index is 1230. The van der Waals surface area contributed by atoms with Crippen molar-refractivity contribution in [2.75, 3.05) is 0 Å². The Hall–Kier alpha value is -3.73. The summed E-state index contributed by atoms with van der Waals surface area (Å²) >= 11 is 0. The summed E-state index contributed by atoms with van der Waals surface area (Å²) in [5, 5.41) is 8.71. The van der Waals surface area contributed by atoms with Gasteiger partial charge in [-0.25, -0.2) is 9.67 Å². The molecule has 0 radical (unpaired) electrons. The molecule has 0 fully saturated rings. The van der Waals surface area contributed by atoms with Crippen LogP contribution in [-0.4, -0.2) is 24.5 Å². The molecule has 0 atom stereocenters. The van der Waals surface area contributed by atoms with Gasteiger partial charge in [0.25, 0.3) is 0 Å². The molecular formula is C23H19N5. The maximum atomic E-state index is 4.86. The molecule has 28 heavy (non-hydrogen) atoms. The molecule has 5 rings (SSSR count). The SMILES string of the molecule is Cc1ccc(-n2cc(Cn3c(-c4ccccc4)nc4ccccc43)nn2)cc1. The Kier molecular flexibility index (Phi) is 3.98. The summed E-state index contributed by atoms with van der Waals surface area (Å²) in [5.41, 5.74) is 6.27. The largest absolute Gasteiger partial charge is 0.318 e. The van der Waals surface area contributed by atoms with Gasteiger partial charge >= 0.3 is 0 Å². The standard InChI is InChI=1S/C23H19N5/c1-17-11-13-20(14-12-17)28-16-19(25-26-28)15-27-22-10-6-5-9-21(22)24-23(27)18-7-3-2-4-8-18/h2-14,16H,15H2,1H3. The van der Waals surface area contributed by atoms with Crippen LogP contribution in [0.4, 0.5) is 0 Å². The molecular weight excluding hydrogens is 346 g/mol. The van der Waals surface area contributed by atoms with Crippen molar-refractivity contribution in [2.45, 2.75) is 13.5 Å². The van der Waals surface area contributed by atoms with Crippen LogP contribution >= 0.6 is 0 Å². The number of aromatic nitrogens is 5. The number of nitrogens with zero attached hydrogens (tertiary/aromatic N) is 5. The van der Waals surface area contributed by atoms with Gasteiger partial charge in [-0.3, -0.25) is 0 Å². The summed E-state index contributed by atoms with van der Waals surface area (Å²) in [7, 11) is 0. The van der Waals surface area contributed by atoms with Crippen LogP contribution in [0.2, 0.25) is 0 Å². The molecule has 5 aromatic rings. The van der Waals surface area contributed by atoms with E-state index in [2.05, 4.69) is 64.3 Å². The predicted molar refractivity (Wildman–Crippen MR) is 110 cm³/mol. The second kappa shape index (κ2) is 6.78. The quantitative estimate of drug-likeness (QED) is 0.466. The summed E-state index contributed by atoms with van der Waals surface area (Å²) in [5.74, 6) is 0.937. The van der Waals surface area contributed by atoms with Crippen molar-refractivity contribution >= 4 is 11.0 Å². The van der Waals surface area contributed by atoms with E-state index in [0.29, 0.717) is 6.54 Å². The van der Waals surface area contributed by atoms with Gasteiger partial charge in [-0.2, -0.15) is 0 Å². The van der Waals surface area contributed by atoms with Gasteiger partial charge < -0.3 is 4.57 Å². The zero-order valence-electron chi connectivity index (χ0n) is 15.5. The molecule has 0 bridgehead atoms. The van der Waals surface area contributed by atoms with Crippen molar-refractivity contribution in [3.63, 3.8) is 0 Å². The number of rotatable bonds is 4. The van der Waals surface area contributed by atoms with E-state index in [0.717, 1.165) is 33.8 Å². The monoisotopic (exact) mass is 365 g/mol. The van der Waals surface area contributed by atoms with Gasteiger partial charge in [0.2, 0.25) is 0 Å². The van der Waals surface area contributed by atoms with E-state index in [1.807, 2.05) is 47.3 Å². The third-order valence-electron chi connectivity index (χ3n) is 4.85. The van der Waals surface area contributed by atoms with E-state index in [-0.39, 0.29) is 0 Å². The zero-order valence-corrected chi connectivity index (χ0v) is 15.5. The summed E-state index contributed by atoms with van der Waals surface area (Å²) < 4.78 is 4.02. The predicted octanol–water partition coefficient (Wildman–Crippen LogP) is 4.64. The van der Waals surface area contributed by atoms with Crippen LogP contribution in [-0.2, 0) is 6.54 Å². The lowest BCUT2D eigenvalue weighted by Crippen LogP contribution is -2.02. The van der Waals surface area contributed by atoms with E-state index in [4.69, 9.17) is 4.98 Å². The first-order valence-electron chi connectivity index (χ1n) is 9.27. The molecule has 5 heteroatoms. The molecule has 2 aromatic heterocycles. The first-order chi connectivity index (χ1) is 13.8. The van der Waals surface area contributed by atoms with E-state index in [1.54, 1.807) is 0 Å². The van der Waals surface area contributed by atoms with Crippen molar-refractivity contribution in [1.29, 1.82) is 0 Å². The number of hydrogen-bond acceptors (Lipinski definition) is 3. The summed E-state index contributed by atoms with van der Waals surface area (Å²) in [6.07, 6.45) is 1.98. The Morgan fingerprint density at radius 3 is 2.39 bits per heavy atom. The van der Waals surface area contributed by atoms with Crippen molar-refractivity contribution in [2.24, 2.45) is 0 Å². The second-order valence-corrected chi connectivity index (χ2v) is 6.87. The Morgan fingerprint density at radius 1 is 0.821 bits per heavy atom.